The van der Waals surface area contributed by atoms with Crippen LogP contribution in [0.2, 0.25) is 0 Å². The molecule has 1 aliphatic heterocycles. The first-order valence-electron chi connectivity index (χ1n) is 11.8. The molecule has 1 atom stereocenters. The van der Waals surface area contributed by atoms with E-state index in [-0.39, 0.29) is 23.3 Å². The van der Waals surface area contributed by atoms with Gasteiger partial charge in [0.2, 0.25) is 0 Å². The van der Waals surface area contributed by atoms with E-state index in [1.54, 1.807) is 0 Å². The van der Waals surface area contributed by atoms with Crippen LogP contribution in [0.25, 0.3) is 0 Å². The molecule has 5 nitrogen and oxygen atoms in total. The quantitative estimate of drug-likeness (QED) is 0.409. The summed E-state index contributed by atoms with van der Waals surface area (Å²) in [6.45, 7) is 12.6. The van der Waals surface area contributed by atoms with Crippen molar-refractivity contribution in [3.8, 4) is 5.75 Å². The van der Waals surface area contributed by atoms with Gasteiger partial charge in [0.25, 0.3) is 0 Å². The number of para-hydroxylation sites is 1. The molecule has 1 aromatic rings. The molecule has 0 saturated carbocycles. The summed E-state index contributed by atoms with van der Waals surface area (Å²) in [5, 5.41) is 3.39. The van der Waals surface area contributed by atoms with Crippen LogP contribution < -0.4 is 10.1 Å². The molecule has 2 aliphatic rings. The standard InChI is InChI=1S/C27H37NO4/c1-7-8-11-14-31-26(30)23-18(4)28-20-15-27(5,6)16-21(29)25(20)24(23)19-12-9-10-13-22(19)32-17(2)3/h9-10,12-13,17,24,28H,7-8,11,14-16H2,1-6H3. The number of ketones is 1. The number of nitrogens with one attached hydrogen (secondary N) is 1. The van der Waals surface area contributed by atoms with Crippen molar-refractivity contribution in [2.75, 3.05) is 6.61 Å². The molecule has 0 fully saturated rings. The number of carbonyl (C=O) groups is 2. The molecule has 0 bridgehead atoms. The van der Waals surface area contributed by atoms with Gasteiger partial charge >= 0.3 is 5.97 Å². The Morgan fingerprint density at radius 3 is 2.59 bits per heavy atom. The summed E-state index contributed by atoms with van der Waals surface area (Å²) in [7, 11) is 0. The van der Waals surface area contributed by atoms with Gasteiger partial charge in [-0.2, -0.15) is 0 Å². The zero-order valence-electron chi connectivity index (χ0n) is 20.3. The zero-order chi connectivity index (χ0) is 23.5. The highest BCUT2D eigenvalue weighted by atomic mass is 16.5. The van der Waals surface area contributed by atoms with Crippen molar-refractivity contribution < 1.29 is 19.1 Å². The molecule has 0 amide bonds. The Kier molecular flexibility index (Phi) is 7.47. The largest absolute Gasteiger partial charge is 0.491 e. The van der Waals surface area contributed by atoms with Crippen molar-refractivity contribution in [3.05, 3.63) is 52.4 Å². The molecule has 32 heavy (non-hydrogen) atoms. The average molecular weight is 440 g/mol. The van der Waals surface area contributed by atoms with Gasteiger partial charge in [-0.3, -0.25) is 4.79 Å². The van der Waals surface area contributed by atoms with Crippen molar-refractivity contribution in [1.29, 1.82) is 0 Å². The van der Waals surface area contributed by atoms with E-state index in [4.69, 9.17) is 9.47 Å². The lowest BCUT2D eigenvalue weighted by Gasteiger charge is -2.39. The smallest absolute Gasteiger partial charge is 0.336 e. The van der Waals surface area contributed by atoms with Crippen molar-refractivity contribution in [1.82, 2.24) is 5.32 Å². The minimum atomic E-state index is -0.497. The van der Waals surface area contributed by atoms with Gasteiger partial charge in [0.05, 0.1) is 24.2 Å². The number of ether oxygens (including phenoxy) is 2. The van der Waals surface area contributed by atoms with E-state index in [1.807, 2.05) is 45.0 Å². The first-order chi connectivity index (χ1) is 15.1. The van der Waals surface area contributed by atoms with E-state index in [9.17, 15) is 9.59 Å². The van der Waals surface area contributed by atoms with Gasteiger partial charge in [0.15, 0.2) is 5.78 Å². The van der Waals surface area contributed by atoms with Crippen molar-refractivity contribution in [2.24, 2.45) is 5.41 Å². The first-order valence-corrected chi connectivity index (χ1v) is 11.8. The van der Waals surface area contributed by atoms with Gasteiger partial charge in [-0.25, -0.2) is 4.79 Å². The molecule has 0 aromatic heterocycles. The topological polar surface area (TPSA) is 64.6 Å². The van der Waals surface area contributed by atoms with Crippen LogP contribution in [0.3, 0.4) is 0 Å². The number of dihydropyridines is 1. The monoisotopic (exact) mass is 439 g/mol. The highest BCUT2D eigenvalue weighted by Gasteiger charge is 2.44. The second-order valence-corrected chi connectivity index (χ2v) is 9.98. The van der Waals surface area contributed by atoms with Gasteiger partial charge < -0.3 is 14.8 Å². The molecule has 1 unspecified atom stereocenters. The zero-order valence-corrected chi connectivity index (χ0v) is 20.3. The van der Waals surface area contributed by atoms with E-state index in [0.717, 1.165) is 42.6 Å². The molecule has 1 N–H and O–H groups in total. The van der Waals surface area contributed by atoms with Crippen LogP contribution in [-0.4, -0.2) is 24.5 Å². The molecule has 0 saturated heterocycles. The van der Waals surface area contributed by atoms with E-state index >= 15 is 0 Å². The summed E-state index contributed by atoms with van der Waals surface area (Å²) >= 11 is 0. The van der Waals surface area contributed by atoms with Gasteiger partial charge in [-0.15, -0.1) is 0 Å². The van der Waals surface area contributed by atoms with Gasteiger partial charge in [-0.1, -0.05) is 51.8 Å². The minimum Gasteiger partial charge on any atom is -0.491 e. The Hall–Kier alpha value is -2.56. The molecule has 174 valence electrons. The molecule has 5 heteroatoms. The Balaban J connectivity index is 2.09. The normalized spacial score (nSPS) is 20.2. The van der Waals surface area contributed by atoms with E-state index < -0.39 is 5.92 Å². The lowest BCUT2D eigenvalue weighted by atomic mass is 9.68. The van der Waals surface area contributed by atoms with Gasteiger partial charge in [-0.05, 0) is 45.1 Å². The summed E-state index contributed by atoms with van der Waals surface area (Å²) in [6, 6.07) is 7.72. The number of rotatable bonds is 8. The summed E-state index contributed by atoms with van der Waals surface area (Å²) in [5.41, 5.74) is 3.56. The number of benzene rings is 1. The maximum absolute atomic E-state index is 13.4. The van der Waals surface area contributed by atoms with Crippen LogP contribution in [0.4, 0.5) is 0 Å². The fourth-order valence-corrected chi connectivity index (χ4v) is 4.69. The Labute approximate surface area is 192 Å². The third-order valence-electron chi connectivity index (χ3n) is 6.03. The van der Waals surface area contributed by atoms with E-state index in [0.29, 0.717) is 29.9 Å². The molecule has 0 radical (unpaired) electrons. The molecule has 1 aromatic carbocycles. The molecular formula is C27H37NO4. The summed E-state index contributed by atoms with van der Waals surface area (Å²) in [4.78, 5) is 26.7. The minimum absolute atomic E-state index is 0.0261. The number of hydrogen-bond acceptors (Lipinski definition) is 5. The third-order valence-corrected chi connectivity index (χ3v) is 6.03. The SMILES string of the molecule is CCCCCOC(=O)C1=C(C)NC2=C(C(=O)CC(C)(C)C2)C1c1ccccc1OC(C)C. The fraction of sp³-hybridized carbons (Fsp3) is 0.556. The number of allylic oxidation sites excluding steroid dienone is 3. The Morgan fingerprint density at radius 1 is 1.19 bits per heavy atom. The van der Waals surface area contributed by atoms with Crippen molar-refractivity contribution in [2.45, 2.75) is 85.7 Å². The van der Waals surface area contributed by atoms with Crippen LogP contribution in [0.1, 0.15) is 85.1 Å². The highest BCUT2D eigenvalue weighted by molar-refractivity contribution is 6.04. The predicted molar refractivity (Wildman–Crippen MR) is 126 cm³/mol. The number of Topliss-reactive ketones (excluding diaryl/α,β-unsaturated/α-hetero) is 1. The molecule has 1 heterocycles. The van der Waals surface area contributed by atoms with E-state index in [2.05, 4.69) is 26.1 Å². The summed E-state index contributed by atoms with van der Waals surface area (Å²) in [6.07, 6.45) is 4.09. The van der Waals surface area contributed by atoms with Crippen LogP contribution >= 0.6 is 0 Å². The Morgan fingerprint density at radius 2 is 1.91 bits per heavy atom. The maximum atomic E-state index is 13.4. The van der Waals surface area contributed by atoms with Gasteiger partial charge in [0, 0.05) is 29.0 Å². The van der Waals surface area contributed by atoms with E-state index in [1.165, 1.54) is 0 Å². The lowest BCUT2D eigenvalue weighted by Crippen LogP contribution is -2.38. The third kappa shape index (κ3) is 5.25. The highest BCUT2D eigenvalue weighted by Crippen LogP contribution is 2.48. The molecule has 0 spiro atoms. The summed E-state index contributed by atoms with van der Waals surface area (Å²) in [5.74, 6) is -0.0806. The second-order valence-electron chi connectivity index (χ2n) is 9.98. The Bertz CT molecular complexity index is 939. The van der Waals surface area contributed by atoms with Crippen LogP contribution in [0.15, 0.2) is 46.8 Å². The van der Waals surface area contributed by atoms with Crippen LogP contribution in [0.5, 0.6) is 5.75 Å². The number of hydrogen-bond donors (Lipinski definition) is 1. The van der Waals surface area contributed by atoms with Crippen molar-refractivity contribution >= 4 is 11.8 Å². The predicted octanol–water partition coefficient (Wildman–Crippen LogP) is 5.81. The fourth-order valence-electron chi connectivity index (χ4n) is 4.69. The lowest BCUT2D eigenvalue weighted by molar-refractivity contribution is -0.139. The summed E-state index contributed by atoms with van der Waals surface area (Å²) < 4.78 is 11.8. The first kappa shape index (κ1) is 24.1. The van der Waals surface area contributed by atoms with Crippen LogP contribution in [-0.2, 0) is 14.3 Å². The number of esters is 1. The van der Waals surface area contributed by atoms with Crippen LogP contribution in [0, 0.1) is 5.41 Å². The average Bonchev–Trinajstić information content (AvgIpc) is 2.69. The second kappa shape index (κ2) is 9.93. The number of carbonyl (C=O) groups excluding carboxylic acids is 2. The molecule has 3 rings (SSSR count). The molecule has 1 aliphatic carbocycles. The van der Waals surface area contributed by atoms with Gasteiger partial charge in [0.1, 0.15) is 5.75 Å². The van der Waals surface area contributed by atoms with Crippen molar-refractivity contribution in [3.63, 3.8) is 0 Å². The number of unbranched alkanes of at least 4 members (excludes halogenated alkanes) is 2. The molecular weight excluding hydrogens is 402 g/mol. The maximum Gasteiger partial charge on any atom is 0.336 e.